The molecule has 8 heteroatoms. The molecular weight excluding hydrogens is 226 g/mol. The van der Waals surface area contributed by atoms with Crippen molar-refractivity contribution < 1.29 is 23.2 Å². The van der Waals surface area contributed by atoms with Crippen LogP contribution in [0.3, 0.4) is 0 Å². The molecule has 0 aliphatic carbocycles. The maximum absolute atomic E-state index is 12.4. The maximum atomic E-state index is 12.4. The van der Waals surface area contributed by atoms with E-state index in [0.717, 1.165) is 13.2 Å². The molecule has 0 bridgehead atoms. The minimum absolute atomic E-state index is 0.140. The quantitative estimate of drug-likeness (QED) is 0.448. The second kappa shape index (κ2) is 4.60. The van der Waals surface area contributed by atoms with E-state index in [9.17, 15) is 23.7 Å². The van der Waals surface area contributed by atoms with E-state index in [1.807, 2.05) is 0 Å². The molecule has 0 amide bonds. The fraction of sp³-hybridized carbons (Fsp3) is 0.250. The normalized spacial score (nSPS) is 10.2. The van der Waals surface area contributed by atoms with Gasteiger partial charge in [0.15, 0.2) is 6.29 Å². The standard InChI is InChI=1S/C8H6F2N2O4/c1-16-5-2-4(3-13)6(7(9)10)11-8(5)12(14)15/h2-3,7H,1H3. The zero-order valence-corrected chi connectivity index (χ0v) is 8.02. The lowest BCUT2D eigenvalue weighted by Crippen LogP contribution is -2.04. The monoisotopic (exact) mass is 232 g/mol. The highest BCUT2D eigenvalue weighted by molar-refractivity contribution is 5.78. The molecule has 0 spiro atoms. The number of aldehydes is 1. The first kappa shape index (κ1) is 12.0. The van der Waals surface area contributed by atoms with Gasteiger partial charge in [-0.2, -0.15) is 0 Å². The van der Waals surface area contributed by atoms with Gasteiger partial charge in [0.25, 0.3) is 0 Å². The first-order valence-electron chi connectivity index (χ1n) is 3.98. The summed E-state index contributed by atoms with van der Waals surface area (Å²) >= 11 is 0. The Hall–Kier alpha value is -2.12. The molecule has 0 N–H and O–H groups in total. The number of aromatic nitrogens is 1. The van der Waals surface area contributed by atoms with Gasteiger partial charge in [-0.25, -0.2) is 8.78 Å². The van der Waals surface area contributed by atoms with Crippen LogP contribution in [0.2, 0.25) is 0 Å². The van der Waals surface area contributed by atoms with Crippen LogP contribution in [0, 0.1) is 10.1 Å². The molecule has 0 aliphatic heterocycles. The van der Waals surface area contributed by atoms with Gasteiger partial charge in [0.05, 0.1) is 12.7 Å². The third-order valence-corrected chi connectivity index (χ3v) is 1.76. The van der Waals surface area contributed by atoms with E-state index in [1.54, 1.807) is 0 Å². The van der Waals surface area contributed by atoms with Crippen LogP contribution in [0.1, 0.15) is 22.5 Å². The molecule has 0 saturated heterocycles. The number of pyridine rings is 1. The summed E-state index contributed by atoms with van der Waals surface area (Å²) in [5.74, 6) is -1.18. The van der Waals surface area contributed by atoms with Gasteiger partial charge < -0.3 is 14.9 Å². The molecule has 1 aromatic heterocycles. The van der Waals surface area contributed by atoms with E-state index in [2.05, 4.69) is 9.72 Å². The smallest absolute Gasteiger partial charge is 0.406 e. The van der Waals surface area contributed by atoms with E-state index in [4.69, 9.17) is 0 Å². The van der Waals surface area contributed by atoms with Crippen molar-refractivity contribution in [1.29, 1.82) is 0 Å². The van der Waals surface area contributed by atoms with Gasteiger partial charge in [0.1, 0.15) is 0 Å². The van der Waals surface area contributed by atoms with Crippen molar-refractivity contribution in [3.05, 3.63) is 27.4 Å². The number of rotatable bonds is 4. The van der Waals surface area contributed by atoms with Crippen molar-refractivity contribution in [3.8, 4) is 5.75 Å². The highest BCUT2D eigenvalue weighted by atomic mass is 19.3. The van der Waals surface area contributed by atoms with Crippen LogP contribution in [0.4, 0.5) is 14.6 Å². The number of nitro groups is 1. The summed E-state index contributed by atoms with van der Waals surface area (Å²) in [4.78, 5) is 23.1. The first-order valence-corrected chi connectivity index (χ1v) is 3.98. The van der Waals surface area contributed by atoms with E-state index < -0.39 is 28.4 Å². The average molecular weight is 232 g/mol. The summed E-state index contributed by atoms with van der Waals surface area (Å²) < 4.78 is 29.4. The Morgan fingerprint density at radius 2 is 2.25 bits per heavy atom. The van der Waals surface area contributed by atoms with Crippen LogP contribution in [0.15, 0.2) is 6.07 Å². The molecule has 0 fully saturated rings. The largest absolute Gasteiger partial charge is 0.489 e. The Balaban J connectivity index is 3.46. The molecule has 86 valence electrons. The van der Waals surface area contributed by atoms with Crippen molar-refractivity contribution >= 4 is 12.1 Å². The van der Waals surface area contributed by atoms with Crippen molar-refractivity contribution in [2.75, 3.05) is 7.11 Å². The molecule has 6 nitrogen and oxygen atoms in total. The number of hydrogen-bond donors (Lipinski definition) is 0. The molecular formula is C8H6F2N2O4. The van der Waals surface area contributed by atoms with Crippen molar-refractivity contribution in [2.24, 2.45) is 0 Å². The average Bonchev–Trinajstić information content (AvgIpc) is 2.26. The number of methoxy groups -OCH3 is 1. The van der Waals surface area contributed by atoms with Crippen molar-refractivity contribution in [3.63, 3.8) is 0 Å². The minimum atomic E-state index is -3.06. The van der Waals surface area contributed by atoms with Gasteiger partial charge in [-0.05, 0) is 9.91 Å². The number of carbonyl (C=O) groups excluding carboxylic acids is 1. The van der Waals surface area contributed by atoms with Crippen LogP contribution in [-0.2, 0) is 0 Å². The second-order valence-electron chi connectivity index (χ2n) is 2.66. The number of hydrogen-bond acceptors (Lipinski definition) is 5. The Morgan fingerprint density at radius 3 is 2.62 bits per heavy atom. The zero-order valence-electron chi connectivity index (χ0n) is 8.02. The number of ether oxygens (including phenoxy) is 1. The highest BCUT2D eigenvalue weighted by Gasteiger charge is 2.27. The minimum Gasteiger partial charge on any atom is -0.489 e. The van der Waals surface area contributed by atoms with E-state index in [1.165, 1.54) is 0 Å². The van der Waals surface area contributed by atoms with E-state index >= 15 is 0 Å². The third kappa shape index (κ3) is 2.10. The lowest BCUT2D eigenvalue weighted by molar-refractivity contribution is -0.390. The fourth-order valence-electron chi connectivity index (χ4n) is 1.06. The molecule has 1 aromatic rings. The van der Waals surface area contributed by atoms with Crippen LogP contribution in [-0.4, -0.2) is 23.3 Å². The van der Waals surface area contributed by atoms with Gasteiger partial charge in [0.2, 0.25) is 11.4 Å². The Kier molecular flexibility index (Phi) is 3.44. The Morgan fingerprint density at radius 1 is 1.62 bits per heavy atom. The molecule has 0 unspecified atom stereocenters. The topological polar surface area (TPSA) is 82.3 Å². The number of nitrogens with zero attached hydrogens (tertiary/aromatic N) is 2. The molecule has 0 aromatic carbocycles. The molecule has 1 rings (SSSR count). The Labute approximate surface area is 88.0 Å². The second-order valence-corrected chi connectivity index (χ2v) is 2.66. The third-order valence-electron chi connectivity index (χ3n) is 1.76. The maximum Gasteiger partial charge on any atom is 0.406 e. The fourth-order valence-corrected chi connectivity index (χ4v) is 1.06. The SMILES string of the molecule is COc1cc(C=O)c(C(F)F)nc1[N+](=O)[O-]. The van der Waals surface area contributed by atoms with Crippen molar-refractivity contribution in [1.82, 2.24) is 4.98 Å². The highest BCUT2D eigenvalue weighted by Crippen LogP contribution is 2.30. The summed E-state index contributed by atoms with van der Waals surface area (Å²) in [5, 5.41) is 10.5. The van der Waals surface area contributed by atoms with Gasteiger partial charge >= 0.3 is 12.2 Å². The number of halogens is 2. The lowest BCUT2D eigenvalue weighted by atomic mass is 10.2. The van der Waals surface area contributed by atoms with Crippen LogP contribution in [0.25, 0.3) is 0 Å². The summed E-state index contributed by atoms with van der Waals surface area (Å²) in [6.07, 6.45) is -2.93. The summed E-state index contributed by atoms with van der Waals surface area (Å²) in [6.45, 7) is 0. The molecule has 0 radical (unpaired) electrons. The zero-order chi connectivity index (χ0) is 12.3. The van der Waals surface area contributed by atoms with Gasteiger partial charge in [-0.15, -0.1) is 0 Å². The summed E-state index contributed by atoms with van der Waals surface area (Å²) in [7, 11) is 1.11. The predicted molar refractivity (Wildman–Crippen MR) is 47.8 cm³/mol. The summed E-state index contributed by atoms with van der Waals surface area (Å²) in [5.41, 5.74) is -1.36. The lowest BCUT2D eigenvalue weighted by Gasteiger charge is -2.04. The van der Waals surface area contributed by atoms with Crippen molar-refractivity contribution in [2.45, 2.75) is 6.43 Å². The first-order chi connectivity index (χ1) is 7.51. The van der Waals surface area contributed by atoms with E-state index in [-0.39, 0.29) is 12.0 Å². The molecule has 0 atom stereocenters. The van der Waals surface area contributed by atoms with Gasteiger partial charge in [-0.3, -0.25) is 4.79 Å². The molecule has 0 saturated carbocycles. The molecule has 0 aliphatic rings. The van der Waals surface area contributed by atoms with Gasteiger partial charge in [0, 0.05) is 6.07 Å². The number of carbonyl (C=O) groups is 1. The predicted octanol–water partition coefficient (Wildman–Crippen LogP) is 1.75. The number of alkyl halides is 2. The van der Waals surface area contributed by atoms with Crippen LogP contribution < -0.4 is 4.74 Å². The van der Waals surface area contributed by atoms with Crippen LogP contribution in [0.5, 0.6) is 5.75 Å². The molecule has 1 heterocycles. The van der Waals surface area contributed by atoms with Crippen LogP contribution >= 0.6 is 0 Å². The van der Waals surface area contributed by atoms with Gasteiger partial charge in [-0.1, -0.05) is 0 Å². The molecule has 16 heavy (non-hydrogen) atoms. The Bertz CT molecular complexity index is 436. The summed E-state index contributed by atoms with van der Waals surface area (Å²) in [6, 6.07) is 0.861. The van der Waals surface area contributed by atoms with E-state index in [0.29, 0.717) is 0 Å².